The van der Waals surface area contributed by atoms with Gasteiger partial charge in [0.05, 0.1) is 36.8 Å². The minimum Gasteiger partial charge on any atom is -0.493 e. The summed E-state index contributed by atoms with van der Waals surface area (Å²) in [4.78, 5) is 16.1. The van der Waals surface area contributed by atoms with E-state index in [9.17, 15) is 22.4 Å². The maximum Gasteiger partial charge on any atom is 0.390 e. The molecule has 5 rings (SSSR count). The Kier molecular flexibility index (Phi) is 6.24. The normalized spacial score (nSPS) is 14.5. The molecule has 0 radical (unpaired) electrons. The van der Waals surface area contributed by atoms with E-state index in [-0.39, 0.29) is 12.3 Å². The van der Waals surface area contributed by atoms with Gasteiger partial charge in [-0.25, -0.2) is 13.9 Å². The quantitative estimate of drug-likeness (QED) is 0.300. The number of aromatic nitrogens is 3. The molecule has 0 aliphatic heterocycles. The number of fused-ring (bicyclic) bond motifs is 1. The average Bonchev–Trinajstić information content (AvgIpc) is 3.55. The van der Waals surface area contributed by atoms with Crippen LogP contribution in [0.4, 0.5) is 23.2 Å². The minimum atomic E-state index is -4.33. The fourth-order valence-electron chi connectivity index (χ4n) is 4.85. The number of rotatable bonds is 8. The molecule has 7 nitrogen and oxygen atoms in total. The predicted molar refractivity (Wildman–Crippen MR) is 134 cm³/mol. The van der Waals surface area contributed by atoms with Gasteiger partial charge in [-0.15, -0.1) is 0 Å². The van der Waals surface area contributed by atoms with E-state index in [4.69, 9.17) is 15.6 Å². The average molecular weight is 528 g/mol. The number of primary amides is 1. The van der Waals surface area contributed by atoms with Crippen molar-refractivity contribution in [1.82, 2.24) is 14.6 Å². The summed E-state index contributed by atoms with van der Waals surface area (Å²) >= 11 is 0. The molecule has 1 aliphatic carbocycles. The number of carbonyl (C=O) groups excluding carboxylic acids is 1. The Morgan fingerprint density at radius 3 is 2.61 bits per heavy atom. The van der Waals surface area contributed by atoms with E-state index in [2.05, 4.69) is 10.3 Å². The number of nitrogens with two attached hydrogens (primary N) is 1. The number of nitrogens with one attached hydrogen (secondary N) is 1. The smallest absolute Gasteiger partial charge is 0.390 e. The highest BCUT2D eigenvalue weighted by atomic mass is 19.4. The number of alkyl halides is 3. The summed E-state index contributed by atoms with van der Waals surface area (Å²) in [6.45, 7) is 1.40. The molecule has 4 aromatic rings. The van der Waals surface area contributed by atoms with Crippen LogP contribution in [0.2, 0.25) is 0 Å². The van der Waals surface area contributed by atoms with Crippen molar-refractivity contribution in [1.29, 1.82) is 0 Å². The molecule has 1 aliphatic rings. The molecule has 0 atom stereocenters. The van der Waals surface area contributed by atoms with Crippen molar-refractivity contribution < 1.29 is 27.1 Å². The number of hydrogen-bond acceptors (Lipinski definition) is 5. The lowest BCUT2D eigenvalue weighted by atomic mass is 9.91. The maximum absolute atomic E-state index is 14.6. The topological polar surface area (TPSA) is 94.5 Å². The van der Waals surface area contributed by atoms with Crippen LogP contribution in [0.15, 0.2) is 48.7 Å². The molecule has 38 heavy (non-hydrogen) atoms. The fourth-order valence-corrected chi connectivity index (χ4v) is 4.85. The minimum absolute atomic E-state index is 0.113. The second-order valence-corrected chi connectivity index (χ2v) is 9.41. The molecule has 2 aromatic carbocycles. The van der Waals surface area contributed by atoms with Gasteiger partial charge in [0.2, 0.25) is 5.91 Å². The second-order valence-electron chi connectivity index (χ2n) is 9.41. The number of aryl methyl sites for hydroxylation is 1. The number of halogens is 4. The number of hydrogen-bond donors (Lipinski definition) is 2. The van der Waals surface area contributed by atoms with E-state index in [1.165, 1.54) is 13.2 Å². The van der Waals surface area contributed by atoms with Crippen molar-refractivity contribution in [2.45, 2.75) is 37.8 Å². The first kappa shape index (κ1) is 25.5. The third-order valence-electron chi connectivity index (χ3n) is 6.91. The van der Waals surface area contributed by atoms with Crippen molar-refractivity contribution in [3.8, 4) is 17.0 Å². The van der Waals surface area contributed by atoms with Crippen LogP contribution in [0.25, 0.3) is 16.9 Å². The van der Waals surface area contributed by atoms with E-state index in [0.717, 1.165) is 0 Å². The molecule has 0 saturated heterocycles. The van der Waals surface area contributed by atoms with Crippen LogP contribution in [0, 0.1) is 12.7 Å². The molecule has 0 bridgehead atoms. The number of carbonyl (C=O) groups is 1. The molecule has 1 saturated carbocycles. The summed E-state index contributed by atoms with van der Waals surface area (Å²) in [6.07, 6.45) is -2.47. The summed E-state index contributed by atoms with van der Waals surface area (Å²) < 4.78 is 60.2. The SMILES string of the molecule is COc1c(F)cccc1C1(c2cc(NCCC(F)(F)F)c3ncc(-c4ccc(C(N)=O)c(C)c4)n3n2)CC1. The maximum atomic E-state index is 14.6. The lowest BCUT2D eigenvalue weighted by molar-refractivity contribution is -0.131. The number of amides is 1. The van der Waals surface area contributed by atoms with Crippen molar-refractivity contribution in [3.05, 3.63) is 76.9 Å². The molecule has 2 aromatic heterocycles. The zero-order chi connectivity index (χ0) is 27.2. The molecule has 3 N–H and O–H groups in total. The Hall–Kier alpha value is -4.15. The van der Waals surface area contributed by atoms with Crippen LogP contribution < -0.4 is 15.8 Å². The zero-order valence-electron chi connectivity index (χ0n) is 20.7. The van der Waals surface area contributed by atoms with Crippen LogP contribution in [0.1, 0.15) is 46.4 Å². The van der Waals surface area contributed by atoms with Crippen molar-refractivity contribution >= 4 is 17.2 Å². The third-order valence-corrected chi connectivity index (χ3v) is 6.91. The van der Waals surface area contributed by atoms with Crippen LogP contribution >= 0.6 is 0 Å². The Bertz CT molecular complexity index is 1540. The van der Waals surface area contributed by atoms with Gasteiger partial charge in [-0.2, -0.15) is 18.3 Å². The molecule has 1 fully saturated rings. The van der Waals surface area contributed by atoms with Crippen LogP contribution in [-0.2, 0) is 5.41 Å². The van der Waals surface area contributed by atoms with Gasteiger partial charge in [0, 0.05) is 28.7 Å². The lowest BCUT2D eigenvalue weighted by Crippen LogP contribution is -2.18. The first-order valence-electron chi connectivity index (χ1n) is 12.0. The number of para-hydroxylation sites is 1. The van der Waals surface area contributed by atoms with Crippen molar-refractivity contribution in [2.24, 2.45) is 5.73 Å². The van der Waals surface area contributed by atoms with Crippen molar-refractivity contribution in [3.63, 3.8) is 0 Å². The first-order valence-corrected chi connectivity index (χ1v) is 12.0. The van der Waals surface area contributed by atoms with Gasteiger partial charge in [0.1, 0.15) is 0 Å². The van der Waals surface area contributed by atoms with Gasteiger partial charge >= 0.3 is 6.18 Å². The first-order chi connectivity index (χ1) is 18.0. The molecule has 11 heteroatoms. The summed E-state index contributed by atoms with van der Waals surface area (Å²) in [5.74, 6) is -0.945. The Labute approximate surface area is 215 Å². The number of benzene rings is 2. The van der Waals surface area contributed by atoms with Crippen LogP contribution in [0.3, 0.4) is 0 Å². The summed E-state index contributed by atoms with van der Waals surface area (Å²) in [5, 5.41) is 7.72. The van der Waals surface area contributed by atoms with Crippen LogP contribution in [0.5, 0.6) is 5.75 Å². The Balaban J connectivity index is 1.67. The Morgan fingerprint density at radius 1 is 1.21 bits per heavy atom. The van der Waals surface area contributed by atoms with Crippen LogP contribution in [-0.4, -0.2) is 40.3 Å². The van der Waals surface area contributed by atoms with Gasteiger partial charge in [0.25, 0.3) is 0 Å². The Morgan fingerprint density at radius 2 is 1.97 bits per heavy atom. The largest absolute Gasteiger partial charge is 0.493 e. The molecule has 0 unspecified atom stereocenters. The summed E-state index contributed by atoms with van der Waals surface area (Å²) in [7, 11) is 1.39. The molecule has 198 valence electrons. The molecular formula is C27H25F4N5O2. The number of methoxy groups -OCH3 is 1. The highest BCUT2D eigenvalue weighted by Crippen LogP contribution is 2.56. The molecule has 0 spiro atoms. The molecule has 2 heterocycles. The number of nitrogens with zero attached hydrogens (tertiary/aromatic N) is 3. The van der Waals surface area contributed by atoms with E-state index < -0.39 is 29.7 Å². The van der Waals surface area contributed by atoms with E-state index in [1.807, 2.05) is 0 Å². The monoisotopic (exact) mass is 527 g/mol. The van der Waals surface area contributed by atoms with E-state index in [0.29, 0.717) is 57.8 Å². The third kappa shape index (κ3) is 4.52. The summed E-state index contributed by atoms with van der Waals surface area (Å²) in [6, 6.07) is 11.5. The fraction of sp³-hybridized carbons (Fsp3) is 0.296. The number of ether oxygens (including phenoxy) is 1. The van der Waals surface area contributed by atoms with Crippen molar-refractivity contribution in [2.75, 3.05) is 19.0 Å². The van der Waals surface area contributed by atoms with Gasteiger partial charge in [-0.05, 0) is 49.6 Å². The summed E-state index contributed by atoms with van der Waals surface area (Å²) in [5.41, 5.74) is 8.95. The number of anilines is 1. The zero-order valence-corrected chi connectivity index (χ0v) is 20.7. The van der Waals surface area contributed by atoms with E-state index >= 15 is 0 Å². The lowest BCUT2D eigenvalue weighted by Gasteiger charge is -2.20. The highest BCUT2D eigenvalue weighted by Gasteiger charge is 2.50. The molecular weight excluding hydrogens is 502 g/mol. The van der Waals surface area contributed by atoms with Gasteiger partial charge in [-0.1, -0.05) is 18.2 Å². The number of imidazole rings is 1. The van der Waals surface area contributed by atoms with Gasteiger partial charge in [-0.3, -0.25) is 4.79 Å². The van der Waals surface area contributed by atoms with Gasteiger partial charge in [0.15, 0.2) is 17.2 Å². The standard InChI is InChI=1S/C27H25F4N5O2/c1-15-12-16(6-7-17(15)24(32)37)21-14-34-25-20(33-11-10-27(29,30)31)13-22(35-36(21)25)26(8-9-26)18-4-3-5-19(28)23(18)38-2/h3-7,12-14,33H,8-11H2,1-2H3,(H2,32,37). The van der Waals surface area contributed by atoms with E-state index in [1.54, 1.807) is 54.0 Å². The molecule has 1 amide bonds. The highest BCUT2D eigenvalue weighted by molar-refractivity contribution is 5.95. The van der Waals surface area contributed by atoms with Gasteiger partial charge < -0.3 is 15.8 Å². The predicted octanol–water partition coefficient (Wildman–Crippen LogP) is 5.40. The second kappa shape index (κ2) is 9.30.